The van der Waals surface area contributed by atoms with E-state index >= 15 is 0 Å². The van der Waals surface area contributed by atoms with Gasteiger partial charge in [-0.25, -0.2) is 4.79 Å². The second kappa shape index (κ2) is 10.9. The molecule has 0 saturated carbocycles. The van der Waals surface area contributed by atoms with E-state index in [0.717, 1.165) is 24.2 Å². The Kier molecular flexibility index (Phi) is 8.05. The fourth-order valence-electron chi connectivity index (χ4n) is 2.16. The number of rotatable bonds is 10. The second-order valence-corrected chi connectivity index (χ2v) is 5.41. The molecule has 0 fully saturated rings. The number of methoxy groups -OCH3 is 1. The molecule has 0 N–H and O–H groups in total. The van der Waals surface area contributed by atoms with Crippen molar-refractivity contribution in [1.82, 2.24) is 0 Å². The zero-order valence-corrected chi connectivity index (χ0v) is 14.4. The average molecular weight is 341 g/mol. The Hall–Kier alpha value is -2.82. The molecule has 0 atom stereocenters. The van der Waals surface area contributed by atoms with E-state index in [9.17, 15) is 4.79 Å². The first-order valence-electron chi connectivity index (χ1n) is 8.28. The third-order valence-electron chi connectivity index (χ3n) is 3.49. The standard InChI is InChI=1S/C20H23NO4/c1-23-20(22)19(21-25-16-17-10-4-2-5-11-17)14-8-9-15-24-18-12-6-3-7-13-18/h2-7,10-13H,8-9,14-16H2,1H3/b21-19-. The Balaban J connectivity index is 1.73. The Bertz CT molecular complexity index is 656. The highest BCUT2D eigenvalue weighted by Gasteiger charge is 2.12. The van der Waals surface area contributed by atoms with Crippen molar-refractivity contribution in [2.24, 2.45) is 5.16 Å². The summed E-state index contributed by atoms with van der Waals surface area (Å²) in [5.74, 6) is 0.382. The lowest BCUT2D eigenvalue weighted by molar-refractivity contribution is -0.133. The molecule has 0 aliphatic carbocycles. The number of carbonyl (C=O) groups excluding carboxylic acids is 1. The number of ether oxygens (including phenoxy) is 2. The molecule has 25 heavy (non-hydrogen) atoms. The van der Waals surface area contributed by atoms with E-state index in [0.29, 0.717) is 19.6 Å². The summed E-state index contributed by atoms with van der Waals surface area (Å²) in [6.07, 6.45) is 2.05. The molecule has 0 amide bonds. The number of benzene rings is 2. The molecule has 2 rings (SSSR count). The third-order valence-corrected chi connectivity index (χ3v) is 3.49. The molecule has 0 aromatic heterocycles. The molecule has 5 nitrogen and oxygen atoms in total. The molecule has 0 saturated heterocycles. The average Bonchev–Trinajstić information content (AvgIpc) is 2.67. The first kappa shape index (κ1) is 18.5. The van der Waals surface area contributed by atoms with Gasteiger partial charge in [-0.3, -0.25) is 0 Å². The molecule has 0 aliphatic heterocycles. The monoisotopic (exact) mass is 341 g/mol. The van der Waals surface area contributed by atoms with E-state index in [-0.39, 0.29) is 5.71 Å². The maximum Gasteiger partial charge on any atom is 0.355 e. The summed E-state index contributed by atoms with van der Waals surface area (Å²) in [5, 5.41) is 3.95. The van der Waals surface area contributed by atoms with Crippen molar-refractivity contribution in [2.45, 2.75) is 25.9 Å². The van der Waals surface area contributed by atoms with E-state index in [4.69, 9.17) is 14.3 Å². The minimum atomic E-state index is -0.461. The lowest BCUT2D eigenvalue weighted by Gasteiger charge is -2.07. The van der Waals surface area contributed by atoms with Crippen LogP contribution in [0.4, 0.5) is 0 Å². The molecule has 0 bridgehead atoms. The fourth-order valence-corrected chi connectivity index (χ4v) is 2.16. The summed E-state index contributed by atoms with van der Waals surface area (Å²) in [7, 11) is 1.34. The molecule has 0 spiro atoms. The number of esters is 1. The Morgan fingerprint density at radius 1 is 0.960 bits per heavy atom. The van der Waals surface area contributed by atoms with Crippen molar-refractivity contribution in [3.05, 3.63) is 66.2 Å². The summed E-state index contributed by atoms with van der Waals surface area (Å²) < 4.78 is 10.4. The van der Waals surface area contributed by atoms with E-state index in [1.54, 1.807) is 0 Å². The van der Waals surface area contributed by atoms with Crippen LogP contribution < -0.4 is 4.74 Å². The van der Waals surface area contributed by atoms with Crippen LogP contribution in [-0.2, 0) is 21.0 Å². The van der Waals surface area contributed by atoms with Crippen molar-refractivity contribution >= 4 is 11.7 Å². The van der Waals surface area contributed by atoms with Gasteiger partial charge in [-0.15, -0.1) is 0 Å². The Labute approximate surface area is 148 Å². The van der Waals surface area contributed by atoms with Crippen LogP contribution in [0.15, 0.2) is 65.8 Å². The van der Waals surface area contributed by atoms with Crippen LogP contribution in [-0.4, -0.2) is 25.4 Å². The summed E-state index contributed by atoms with van der Waals surface area (Å²) in [6.45, 7) is 0.905. The zero-order valence-electron chi connectivity index (χ0n) is 14.4. The van der Waals surface area contributed by atoms with E-state index in [1.165, 1.54) is 7.11 Å². The van der Waals surface area contributed by atoms with Gasteiger partial charge in [-0.1, -0.05) is 53.7 Å². The minimum absolute atomic E-state index is 0.290. The van der Waals surface area contributed by atoms with Crippen LogP contribution in [0.1, 0.15) is 24.8 Å². The van der Waals surface area contributed by atoms with Crippen LogP contribution in [0.5, 0.6) is 5.75 Å². The maximum absolute atomic E-state index is 11.8. The van der Waals surface area contributed by atoms with Gasteiger partial charge < -0.3 is 14.3 Å². The molecule has 2 aromatic carbocycles. The van der Waals surface area contributed by atoms with Crippen LogP contribution in [0.3, 0.4) is 0 Å². The van der Waals surface area contributed by atoms with Crippen molar-refractivity contribution in [2.75, 3.05) is 13.7 Å². The van der Waals surface area contributed by atoms with Gasteiger partial charge in [0.05, 0.1) is 13.7 Å². The van der Waals surface area contributed by atoms with E-state index in [2.05, 4.69) is 5.16 Å². The highest BCUT2D eigenvalue weighted by atomic mass is 16.6. The summed E-state index contributed by atoms with van der Waals surface area (Å²) in [6, 6.07) is 19.3. The topological polar surface area (TPSA) is 57.1 Å². The molecule has 0 radical (unpaired) electrons. The molecule has 0 heterocycles. The number of para-hydroxylation sites is 1. The Morgan fingerprint density at radius 3 is 2.32 bits per heavy atom. The number of hydrogen-bond donors (Lipinski definition) is 0. The van der Waals surface area contributed by atoms with Crippen molar-refractivity contribution in [3.63, 3.8) is 0 Å². The van der Waals surface area contributed by atoms with E-state index < -0.39 is 5.97 Å². The third kappa shape index (κ3) is 7.08. The fraction of sp³-hybridized carbons (Fsp3) is 0.300. The molecule has 0 unspecified atom stereocenters. The molecule has 2 aromatic rings. The molecular formula is C20H23NO4. The van der Waals surface area contributed by atoms with Gasteiger partial charge in [-0.05, 0) is 30.5 Å². The van der Waals surface area contributed by atoms with Crippen LogP contribution in [0, 0.1) is 0 Å². The van der Waals surface area contributed by atoms with Gasteiger partial charge in [0.15, 0.2) is 5.71 Å². The van der Waals surface area contributed by atoms with Gasteiger partial charge in [0, 0.05) is 6.42 Å². The van der Waals surface area contributed by atoms with Gasteiger partial charge in [0.1, 0.15) is 12.4 Å². The van der Waals surface area contributed by atoms with Crippen molar-refractivity contribution in [1.29, 1.82) is 0 Å². The normalized spacial score (nSPS) is 11.0. The lowest BCUT2D eigenvalue weighted by atomic mass is 10.2. The highest BCUT2D eigenvalue weighted by molar-refractivity contribution is 6.36. The smallest absolute Gasteiger partial charge is 0.355 e. The molecule has 132 valence electrons. The van der Waals surface area contributed by atoms with Crippen LogP contribution in [0.2, 0.25) is 0 Å². The number of hydrogen-bond acceptors (Lipinski definition) is 5. The lowest BCUT2D eigenvalue weighted by Crippen LogP contribution is -2.16. The number of nitrogens with zero attached hydrogens (tertiary/aromatic N) is 1. The number of carbonyl (C=O) groups is 1. The van der Waals surface area contributed by atoms with Crippen LogP contribution >= 0.6 is 0 Å². The van der Waals surface area contributed by atoms with Crippen LogP contribution in [0.25, 0.3) is 0 Å². The second-order valence-electron chi connectivity index (χ2n) is 5.41. The first-order valence-corrected chi connectivity index (χ1v) is 8.28. The number of oxime groups is 1. The van der Waals surface area contributed by atoms with Gasteiger partial charge in [0.2, 0.25) is 0 Å². The van der Waals surface area contributed by atoms with Gasteiger partial charge in [-0.2, -0.15) is 0 Å². The van der Waals surface area contributed by atoms with Gasteiger partial charge >= 0.3 is 5.97 Å². The molecular weight excluding hydrogens is 318 g/mol. The Morgan fingerprint density at radius 2 is 1.64 bits per heavy atom. The van der Waals surface area contributed by atoms with E-state index in [1.807, 2.05) is 60.7 Å². The first-order chi connectivity index (χ1) is 12.3. The van der Waals surface area contributed by atoms with Crippen molar-refractivity contribution < 1.29 is 19.1 Å². The summed E-state index contributed by atoms with van der Waals surface area (Å²) in [4.78, 5) is 17.1. The maximum atomic E-state index is 11.8. The predicted molar refractivity (Wildman–Crippen MR) is 96.5 cm³/mol. The van der Waals surface area contributed by atoms with Crippen molar-refractivity contribution in [3.8, 4) is 5.75 Å². The largest absolute Gasteiger partial charge is 0.494 e. The predicted octanol–water partition coefficient (Wildman–Crippen LogP) is 3.98. The minimum Gasteiger partial charge on any atom is -0.494 e. The quantitative estimate of drug-likeness (QED) is 0.284. The SMILES string of the molecule is COC(=O)/C(CCCCOc1ccccc1)=N\OCc1ccccc1. The zero-order chi connectivity index (χ0) is 17.7. The summed E-state index contributed by atoms with van der Waals surface area (Å²) >= 11 is 0. The summed E-state index contributed by atoms with van der Waals surface area (Å²) in [5.41, 5.74) is 1.28. The highest BCUT2D eigenvalue weighted by Crippen LogP contribution is 2.10. The molecule has 5 heteroatoms. The van der Waals surface area contributed by atoms with Gasteiger partial charge in [0.25, 0.3) is 0 Å². The number of unbranched alkanes of at least 4 members (excludes halogenated alkanes) is 1. The molecule has 0 aliphatic rings.